The van der Waals surface area contributed by atoms with E-state index in [1.807, 2.05) is 35.2 Å². The first-order valence-electron chi connectivity index (χ1n) is 10.8. The molecule has 1 saturated heterocycles. The predicted molar refractivity (Wildman–Crippen MR) is 118 cm³/mol. The van der Waals surface area contributed by atoms with Crippen molar-refractivity contribution in [1.29, 1.82) is 0 Å². The summed E-state index contributed by atoms with van der Waals surface area (Å²) in [5.41, 5.74) is 1.07. The van der Waals surface area contributed by atoms with Crippen molar-refractivity contribution in [2.24, 2.45) is 0 Å². The van der Waals surface area contributed by atoms with Gasteiger partial charge in [-0.2, -0.15) is 4.31 Å². The van der Waals surface area contributed by atoms with Crippen molar-refractivity contribution in [3.05, 3.63) is 65.7 Å². The maximum absolute atomic E-state index is 13.6. The van der Waals surface area contributed by atoms with Crippen LogP contribution in [0.2, 0.25) is 0 Å². The van der Waals surface area contributed by atoms with Gasteiger partial charge in [0.1, 0.15) is 0 Å². The molecule has 4 rings (SSSR count). The fraction of sp³-hybridized carbons (Fsp3) is 0.417. The second-order valence-electron chi connectivity index (χ2n) is 8.43. The highest BCUT2D eigenvalue weighted by Gasteiger charge is 2.45. The van der Waals surface area contributed by atoms with Crippen LogP contribution in [-0.2, 0) is 20.2 Å². The number of sulfonamides is 1. The first-order valence-corrected chi connectivity index (χ1v) is 12.2. The summed E-state index contributed by atoms with van der Waals surface area (Å²) >= 11 is 0. The number of Topliss-reactive ketones (excluding diaryl/α,β-unsaturated/α-hetero) is 1. The number of amides is 1. The van der Waals surface area contributed by atoms with Crippen LogP contribution in [0.3, 0.4) is 0 Å². The number of hydrogen-bond donors (Lipinski definition) is 0. The molecule has 31 heavy (non-hydrogen) atoms. The summed E-state index contributed by atoms with van der Waals surface area (Å²) in [5, 5.41) is 0. The molecule has 1 heterocycles. The average molecular weight is 441 g/mol. The van der Waals surface area contributed by atoms with Gasteiger partial charge in [-0.25, -0.2) is 8.42 Å². The molecule has 1 amide bonds. The Morgan fingerprint density at radius 1 is 0.839 bits per heavy atom. The second-order valence-corrected chi connectivity index (χ2v) is 10.4. The summed E-state index contributed by atoms with van der Waals surface area (Å²) in [7, 11) is -3.66. The Balaban J connectivity index is 1.48. The topological polar surface area (TPSA) is 74.8 Å². The maximum Gasteiger partial charge on any atom is 0.243 e. The second kappa shape index (κ2) is 8.55. The van der Waals surface area contributed by atoms with Gasteiger partial charge in [-0.05, 0) is 37.5 Å². The van der Waals surface area contributed by atoms with Crippen molar-refractivity contribution in [3.8, 4) is 0 Å². The van der Waals surface area contributed by atoms with Crippen LogP contribution < -0.4 is 0 Å². The first kappa shape index (κ1) is 21.7. The van der Waals surface area contributed by atoms with E-state index in [-0.39, 0.29) is 29.7 Å². The molecule has 0 unspecified atom stereocenters. The summed E-state index contributed by atoms with van der Waals surface area (Å²) in [6, 6.07) is 16.0. The Kier molecular flexibility index (Phi) is 5.99. The van der Waals surface area contributed by atoms with Crippen molar-refractivity contribution in [3.63, 3.8) is 0 Å². The molecule has 164 valence electrons. The third-order valence-corrected chi connectivity index (χ3v) is 8.53. The monoisotopic (exact) mass is 440 g/mol. The minimum Gasteiger partial charge on any atom is -0.339 e. The maximum atomic E-state index is 13.6. The molecular formula is C24H28N2O4S. The van der Waals surface area contributed by atoms with E-state index in [2.05, 4.69) is 0 Å². The van der Waals surface area contributed by atoms with E-state index in [4.69, 9.17) is 0 Å². The minimum atomic E-state index is -3.66. The number of benzene rings is 2. The number of piperazine rings is 1. The van der Waals surface area contributed by atoms with Crippen molar-refractivity contribution in [1.82, 2.24) is 9.21 Å². The third kappa shape index (κ3) is 4.04. The Morgan fingerprint density at radius 2 is 1.42 bits per heavy atom. The number of carbonyl (C=O) groups is 2. The molecule has 1 aliphatic heterocycles. The van der Waals surface area contributed by atoms with E-state index in [1.54, 1.807) is 12.1 Å². The number of rotatable bonds is 5. The SMILES string of the molecule is CC(=O)c1ccc(S(=O)(=O)N2CCN(C(=O)C3(c4ccccc4)CCCC3)CC2)cc1. The van der Waals surface area contributed by atoms with Gasteiger partial charge >= 0.3 is 0 Å². The zero-order valence-corrected chi connectivity index (χ0v) is 18.6. The van der Waals surface area contributed by atoms with Gasteiger partial charge < -0.3 is 4.90 Å². The summed E-state index contributed by atoms with van der Waals surface area (Å²) in [6.45, 7) is 2.77. The summed E-state index contributed by atoms with van der Waals surface area (Å²) in [5.74, 6) is 0.0226. The number of carbonyl (C=O) groups excluding carboxylic acids is 2. The number of nitrogens with zero attached hydrogens (tertiary/aromatic N) is 2. The van der Waals surface area contributed by atoms with E-state index < -0.39 is 15.4 Å². The Labute approximate surface area is 183 Å². The summed E-state index contributed by atoms with van der Waals surface area (Å²) < 4.78 is 27.5. The fourth-order valence-electron chi connectivity index (χ4n) is 4.81. The molecule has 1 saturated carbocycles. The molecule has 2 aromatic carbocycles. The lowest BCUT2D eigenvalue weighted by molar-refractivity contribution is -0.138. The van der Waals surface area contributed by atoms with E-state index in [0.717, 1.165) is 31.2 Å². The minimum absolute atomic E-state index is 0.102. The van der Waals surface area contributed by atoms with Crippen LogP contribution in [0.4, 0.5) is 0 Å². The highest BCUT2D eigenvalue weighted by molar-refractivity contribution is 7.89. The van der Waals surface area contributed by atoms with Gasteiger partial charge in [-0.15, -0.1) is 0 Å². The molecule has 7 heteroatoms. The molecule has 1 aliphatic carbocycles. The van der Waals surface area contributed by atoms with Gasteiger partial charge in [0.05, 0.1) is 10.3 Å². The average Bonchev–Trinajstić information content (AvgIpc) is 3.30. The van der Waals surface area contributed by atoms with E-state index >= 15 is 0 Å². The lowest BCUT2D eigenvalue weighted by atomic mass is 9.77. The van der Waals surface area contributed by atoms with Crippen LogP contribution in [0, 0.1) is 0 Å². The molecule has 2 aliphatic rings. The summed E-state index contributed by atoms with van der Waals surface area (Å²) in [4.78, 5) is 27.0. The van der Waals surface area contributed by atoms with E-state index in [9.17, 15) is 18.0 Å². The van der Waals surface area contributed by atoms with Gasteiger partial charge in [0.2, 0.25) is 15.9 Å². The third-order valence-electron chi connectivity index (χ3n) is 6.62. The Bertz CT molecular complexity index is 1050. The lowest BCUT2D eigenvalue weighted by Crippen LogP contribution is -2.55. The van der Waals surface area contributed by atoms with Crippen LogP contribution in [0.5, 0.6) is 0 Å². The molecule has 0 atom stereocenters. The highest BCUT2D eigenvalue weighted by Crippen LogP contribution is 2.42. The van der Waals surface area contributed by atoms with Crippen molar-refractivity contribution >= 4 is 21.7 Å². The van der Waals surface area contributed by atoms with Crippen LogP contribution in [-0.4, -0.2) is 55.5 Å². The Morgan fingerprint density at radius 3 is 1.97 bits per heavy atom. The van der Waals surface area contributed by atoms with Crippen LogP contribution in [0.15, 0.2) is 59.5 Å². The molecule has 0 N–H and O–H groups in total. The smallest absolute Gasteiger partial charge is 0.243 e. The zero-order valence-electron chi connectivity index (χ0n) is 17.8. The molecule has 0 radical (unpaired) electrons. The van der Waals surface area contributed by atoms with Crippen LogP contribution in [0.1, 0.15) is 48.5 Å². The largest absolute Gasteiger partial charge is 0.339 e. The van der Waals surface area contributed by atoms with Gasteiger partial charge in [0.15, 0.2) is 5.78 Å². The highest BCUT2D eigenvalue weighted by atomic mass is 32.2. The molecule has 2 aromatic rings. The normalized spacial score (nSPS) is 19.3. The van der Waals surface area contributed by atoms with Crippen molar-refractivity contribution in [2.75, 3.05) is 26.2 Å². The van der Waals surface area contributed by atoms with E-state index in [1.165, 1.54) is 23.4 Å². The van der Waals surface area contributed by atoms with Gasteiger partial charge in [0.25, 0.3) is 0 Å². The van der Waals surface area contributed by atoms with Crippen molar-refractivity contribution < 1.29 is 18.0 Å². The van der Waals surface area contributed by atoms with E-state index in [0.29, 0.717) is 18.7 Å². The molecule has 0 spiro atoms. The van der Waals surface area contributed by atoms with Crippen molar-refractivity contribution in [2.45, 2.75) is 42.9 Å². The lowest BCUT2D eigenvalue weighted by Gasteiger charge is -2.39. The number of hydrogen-bond acceptors (Lipinski definition) is 4. The van der Waals surface area contributed by atoms with Crippen LogP contribution >= 0.6 is 0 Å². The summed E-state index contributed by atoms with van der Waals surface area (Å²) in [6.07, 6.45) is 3.75. The standard InChI is InChI=1S/C24H28N2O4S/c1-19(27)20-9-11-22(12-10-20)31(29,30)26-17-15-25(16-18-26)23(28)24(13-5-6-14-24)21-7-3-2-4-8-21/h2-4,7-12H,5-6,13-18H2,1H3. The molecule has 6 nitrogen and oxygen atoms in total. The molecule has 2 fully saturated rings. The van der Waals surface area contributed by atoms with Gasteiger partial charge in [-0.1, -0.05) is 55.3 Å². The number of ketones is 1. The fourth-order valence-corrected chi connectivity index (χ4v) is 6.23. The predicted octanol–water partition coefficient (Wildman–Crippen LogP) is 3.23. The van der Waals surface area contributed by atoms with Crippen LogP contribution in [0.25, 0.3) is 0 Å². The molecule has 0 aromatic heterocycles. The Hall–Kier alpha value is -2.51. The molecule has 0 bridgehead atoms. The first-order chi connectivity index (χ1) is 14.8. The van der Waals surface area contributed by atoms with Gasteiger partial charge in [0, 0.05) is 31.7 Å². The quantitative estimate of drug-likeness (QED) is 0.669. The zero-order chi connectivity index (χ0) is 22.1. The molecular weight excluding hydrogens is 412 g/mol. The van der Waals surface area contributed by atoms with Gasteiger partial charge in [-0.3, -0.25) is 9.59 Å².